The van der Waals surface area contributed by atoms with Gasteiger partial charge >= 0.3 is 11.6 Å². The number of carbonyl (C=O) groups is 1. The van der Waals surface area contributed by atoms with Crippen LogP contribution in [0, 0.1) is 20.8 Å². The van der Waals surface area contributed by atoms with Gasteiger partial charge in [0.2, 0.25) is 0 Å². The fourth-order valence-electron chi connectivity index (χ4n) is 3.37. The van der Waals surface area contributed by atoms with Crippen LogP contribution in [0.15, 0.2) is 63.8 Å². The van der Waals surface area contributed by atoms with Gasteiger partial charge in [0, 0.05) is 11.5 Å². The average Bonchev–Trinajstić information content (AvgIpc) is 2.69. The molecule has 0 unspecified atom stereocenters. The Bertz CT molecular complexity index is 1300. The van der Waals surface area contributed by atoms with E-state index in [1.807, 2.05) is 39.0 Å². The zero-order chi connectivity index (χ0) is 20.5. The van der Waals surface area contributed by atoms with Crippen LogP contribution in [0.1, 0.15) is 16.7 Å². The Hall–Kier alpha value is -3.60. The lowest BCUT2D eigenvalue weighted by molar-refractivity contribution is -0.136. The molecular formula is C24H20O5. The molecular weight excluding hydrogens is 368 g/mol. The van der Waals surface area contributed by atoms with E-state index in [0.29, 0.717) is 22.5 Å². The van der Waals surface area contributed by atoms with E-state index in [1.54, 1.807) is 30.3 Å². The molecule has 4 rings (SSSR count). The highest BCUT2D eigenvalue weighted by molar-refractivity contribution is 6.04. The van der Waals surface area contributed by atoms with Gasteiger partial charge in [-0.3, -0.25) is 0 Å². The predicted molar refractivity (Wildman–Crippen MR) is 112 cm³/mol. The van der Waals surface area contributed by atoms with Crippen molar-refractivity contribution in [2.24, 2.45) is 0 Å². The number of fused-ring (bicyclic) bond motifs is 3. The van der Waals surface area contributed by atoms with Crippen LogP contribution in [-0.4, -0.2) is 12.6 Å². The molecule has 0 bridgehead atoms. The molecule has 4 aromatic rings. The van der Waals surface area contributed by atoms with Gasteiger partial charge in [-0.05, 0) is 67.1 Å². The number of hydrogen-bond acceptors (Lipinski definition) is 5. The minimum atomic E-state index is -0.536. The second-order valence-electron chi connectivity index (χ2n) is 7.06. The van der Waals surface area contributed by atoms with Crippen molar-refractivity contribution in [1.29, 1.82) is 0 Å². The molecule has 1 aromatic heterocycles. The molecule has 3 aromatic carbocycles. The molecule has 0 N–H and O–H groups in total. The number of rotatable bonds is 4. The molecule has 0 fully saturated rings. The van der Waals surface area contributed by atoms with Gasteiger partial charge in [-0.15, -0.1) is 0 Å². The number of hydrogen-bond donors (Lipinski definition) is 0. The van der Waals surface area contributed by atoms with Crippen LogP contribution in [0.3, 0.4) is 0 Å². The van der Waals surface area contributed by atoms with E-state index in [-0.39, 0.29) is 6.61 Å². The van der Waals surface area contributed by atoms with E-state index in [0.717, 1.165) is 27.5 Å². The summed E-state index contributed by atoms with van der Waals surface area (Å²) in [6.45, 7) is 5.71. The minimum Gasteiger partial charge on any atom is -0.482 e. The van der Waals surface area contributed by atoms with Gasteiger partial charge in [-0.2, -0.15) is 0 Å². The van der Waals surface area contributed by atoms with Crippen molar-refractivity contribution in [1.82, 2.24) is 0 Å². The van der Waals surface area contributed by atoms with E-state index in [4.69, 9.17) is 13.9 Å². The van der Waals surface area contributed by atoms with Crippen molar-refractivity contribution >= 4 is 27.7 Å². The summed E-state index contributed by atoms with van der Waals surface area (Å²) in [6, 6.07) is 16.2. The van der Waals surface area contributed by atoms with E-state index in [1.165, 1.54) is 0 Å². The van der Waals surface area contributed by atoms with Crippen molar-refractivity contribution in [3.8, 4) is 11.5 Å². The summed E-state index contributed by atoms with van der Waals surface area (Å²) < 4.78 is 16.4. The van der Waals surface area contributed by atoms with Gasteiger partial charge in [-0.25, -0.2) is 9.59 Å². The zero-order valence-electron chi connectivity index (χ0n) is 16.4. The summed E-state index contributed by atoms with van der Waals surface area (Å²) >= 11 is 0. The molecule has 0 saturated carbocycles. The Morgan fingerprint density at radius 1 is 0.931 bits per heavy atom. The number of ether oxygens (including phenoxy) is 2. The van der Waals surface area contributed by atoms with E-state index >= 15 is 0 Å². The van der Waals surface area contributed by atoms with Crippen LogP contribution in [0.4, 0.5) is 0 Å². The average molecular weight is 388 g/mol. The van der Waals surface area contributed by atoms with Crippen LogP contribution in [0.25, 0.3) is 21.7 Å². The molecule has 0 spiro atoms. The molecule has 1 heterocycles. The number of benzene rings is 3. The van der Waals surface area contributed by atoms with Gasteiger partial charge < -0.3 is 13.9 Å². The quantitative estimate of drug-likeness (QED) is 0.216. The largest absolute Gasteiger partial charge is 0.482 e. The maximum absolute atomic E-state index is 12.2. The normalized spacial score (nSPS) is 11.0. The fourth-order valence-corrected chi connectivity index (χ4v) is 3.37. The Kier molecular flexibility index (Phi) is 4.80. The van der Waals surface area contributed by atoms with E-state index in [9.17, 15) is 9.59 Å². The monoisotopic (exact) mass is 388 g/mol. The SMILES string of the molecule is Cc1cc(C)c(C)c(OCC(=O)Oc2ccc3c(c2)oc(=O)c2ccccc23)c1. The summed E-state index contributed by atoms with van der Waals surface area (Å²) in [4.78, 5) is 24.4. The molecule has 0 aliphatic heterocycles. The molecule has 0 radical (unpaired) electrons. The van der Waals surface area contributed by atoms with Crippen LogP contribution in [0.2, 0.25) is 0 Å². The van der Waals surface area contributed by atoms with Crippen molar-refractivity contribution in [2.45, 2.75) is 20.8 Å². The molecule has 5 nitrogen and oxygen atoms in total. The molecule has 0 amide bonds. The summed E-state index contributed by atoms with van der Waals surface area (Å²) in [5.41, 5.74) is 3.09. The zero-order valence-corrected chi connectivity index (χ0v) is 16.4. The molecule has 0 aliphatic carbocycles. The van der Waals surface area contributed by atoms with Crippen LogP contribution in [0.5, 0.6) is 11.5 Å². The third-order valence-corrected chi connectivity index (χ3v) is 4.93. The van der Waals surface area contributed by atoms with Gasteiger partial charge in [0.1, 0.15) is 17.1 Å². The lowest BCUT2D eigenvalue weighted by Gasteiger charge is -2.12. The standard InChI is InChI=1S/C24H20O5/c1-14-10-15(2)16(3)21(11-14)27-13-23(25)28-17-8-9-19-18-6-4-5-7-20(18)24(26)29-22(19)12-17/h4-12H,13H2,1-3H3. The Balaban J connectivity index is 1.54. The fraction of sp³-hybridized carbons (Fsp3) is 0.167. The number of aryl methyl sites for hydroxylation is 2. The Morgan fingerprint density at radius 3 is 2.48 bits per heavy atom. The van der Waals surface area contributed by atoms with Crippen molar-refractivity contribution in [2.75, 3.05) is 6.61 Å². The van der Waals surface area contributed by atoms with Crippen molar-refractivity contribution in [3.63, 3.8) is 0 Å². The van der Waals surface area contributed by atoms with E-state index in [2.05, 4.69) is 6.07 Å². The summed E-state index contributed by atoms with van der Waals surface area (Å²) in [7, 11) is 0. The summed E-state index contributed by atoms with van der Waals surface area (Å²) in [6.07, 6.45) is 0. The number of carbonyl (C=O) groups excluding carboxylic acids is 1. The van der Waals surface area contributed by atoms with Crippen LogP contribution < -0.4 is 15.1 Å². The molecule has 0 aliphatic rings. The van der Waals surface area contributed by atoms with Crippen molar-refractivity contribution < 1.29 is 18.7 Å². The van der Waals surface area contributed by atoms with Crippen LogP contribution in [-0.2, 0) is 4.79 Å². The third-order valence-electron chi connectivity index (χ3n) is 4.93. The molecule has 0 saturated heterocycles. The first kappa shape index (κ1) is 18.7. The minimum absolute atomic E-state index is 0.219. The molecule has 146 valence electrons. The lowest BCUT2D eigenvalue weighted by Crippen LogP contribution is -2.18. The smallest absolute Gasteiger partial charge is 0.349 e. The van der Waals surface area contributed by atoms with Crippen molar-refractivity contribution in [3.05, 3.63) is 81.7 Å². The second-order valence-corrected chi connectivity index (χ2v) is 7.06. The van der Waals surface area contributed by atoms with E-state index < -0.39 is 11.6 Å². The first-order valence-electron chi connectivity index (χ1n) is 9.29. The van der Waals surface area contributed by atoms with Gasteiger partial charge in [-0.1, -0.05) is 24.3 Å². The lowest BCUT2D eigenvalue weighted by atomic mass is 10.1. The highest BCUT2D eigenvalue weighted by Gasteiger charge is 2.12. The first-order chi connectivity index (χ1) is 13.9. The van der Waals surface area contributed by atoms with Crippen LogP contribution >= 0.6 is 0 Å². The molecule has 29 heavy (non-hydrogen) atoms. The first-order valence-corrected chi connectivity index (χ1v) is 9.29. The maximum Gasteiger partial charge on any atom is 0.349 e. The topological polar surface area (TPSA) is 65.7 Å². The molecule has 5 heteroatoms. The summed E-state index contributed by atoms with van der Waals surface area (Å²) in [5.74, 6) is 0.420. The predicted octanol–water partition coefficient (Wildman–Crippen LogP) is 4.86. The maximum atomic E-state index is 12.2. The van der Waals surface area contributed by atoms with Gasteiger partial charge in [0.15, 0.2) is 6.61 Å². The second kappa shape index (κ2) is 7.43. The summed E-state index contributed by atoms with van der Waals surface area (Å²) in [5, 5.41) is 2.09. The van der Waals surface area contributed by atoms with Gasteiger partial charge in [0.05, 0.1) is 5.39 Å². The Labute approximate surface area is 167 Å². The number of esters is 1. The highest BCUT2D eigenvalue weighted by Crippen LogP contribution is 2.27. The van der Waals surface area contributed by atoms with Gasteiger partial charge in [0.25, 0.3) is 0 Å². The Morgan fingerprint density at radius 2 is 1.69 bits per heavy atom. The molecule has 0 atom stereocenters. The highest BCUT2D eigenvalue weighted by atomic mass is 16.6. The third kappa shape index (κ3) is 3.72.